The van der Waals surface area contributed by atoms with Crippen LogP contribution in [0.25, 0.3) is 0 Å². The van der Waals surface area contributed by atoms with Gasteiger partial charge >= 0.3 is 0 Å². The molecule has 1 aliphatic heterocycles. The van der Waals surface area contributed by atoms with E-state index in [1.54, 1.807) is 0 Å². The minimum Gasteiger partial charge on any atom is -0.381 e. The Morgan fingerprint density at radius 3 is 2.58 bits per heavy atom. The van der Waals surface area contributed by atoms with Crippen LogP contribution in [0.5, 0.6) is 0 Å². The van der Waals surface area contributed by atoms with Gasteiger partial charge in [0.1, 0.15) is 0 Å². The number of hydrogen-bond donors (Lipinski definition) is 1. The largest absolute Gasteiger partial charge is 0.381 e. The summed E-state index contributed by atoms with van der Waals surface area (Å²) in [4.78, 5) is 9.45. The monoisotopic (exact) mass is 360 g/mol. The second-order valence-corrected chi connectivity index (χ2v) is 7.26. The average molecular weight is 361 g/mol. The minimum atomic E-state index is 0.343. The molecule has 0 aliphatic carbocycles. The molecule has 1 heterocycles. The fourth-order valence-electron chi connectivity index (χ4n) is 3.25. The molecular formula is C21H36N4O. The molecule has 0 aromatic heterocycles. The van der Waals surface area contributed by atoms with Crippen LogP contribution in [0.2, 0.25) is 0 Å². The maximum Gasteiger partial charge on any atom is 0.193 e. The molecule has 0 saturated carbocycles. The standard InChI is InChI=1S/C21H36N4O/c1-5-22-21(24(3)14-11-19-12-15-26-16-13-19)23-17-18(2)25(4)20-9-7-6-8-10-20/h6-10,18-19H,5,11-17H2,1-4H3,(H,22,23). The number of hydrogen-bond acceptors (Lipinski definition) is 3. The van der Waals surface area contributed by atoms with Crippen molar-refractivity contribution in [3.8, 4) is 0 Å². The Hall–Kier alpha value is -1.75. The van der Waals surface area contributed by atoms with Gasteiger partial charge in [-0.2, -0.15) is 0 Å². The number of likely N-dealkylation sites (N-methyl/N-ethyl adjacent to an activating group) is 1. The number of benzene rings is 1. The highest BCUT2D eigenvalue weighted by Crippen LogP contribution is 2.18. The summed E-state index contributed by atoms with van der Waals surface area (Å²) in [5, 5.41) is 3.44. The molecular weight excluding hydrogens is 324 g/mol. The van der Waals surface area contributed by atoms with E-state index in [1.807, 2.05) is 0 Å². The maximum absolute atomic E-state index is 5.46. The number of nitrogens with zero attached hydrogens (tertiary/aromatic N) is 3. The van der Waals surface area contributed by atoms with Crippen molar-refractivity contribution in [3.63, 3.8) is 0 Å². The molecule has 146 valence electrons. The lowest BCUT2D eigenvalue weighted by atomic mass is 9.96. The summed E-state index contributed by atoms with van der Waals surface area (Å²) < 4.78 is 5.46. The molecule has 26 heavy (non-hydrogen) atoms. The molecule has 1 N–H and O–H groups in total. The first-order chi connectivity index (χ1) is 12.6. The molecule has 2 rings (SSSR count). The van der Waals surface area contributed by atoms with Gasteiger partial charge in [-0.1, -0.05) is 18.2 Å². The van der Waals surface area contributed by atoms with Gasteiger partial charge in [0.25, 0.3) is 0 Å². The van der Waals surface area contributed by atoms with Crippen molar-refractivity contribution in [2.24, 2.45) is 10.9 Å². The van der Waals surface area contributed by atoms with Crippen molar-refractivity contribution in [2.75, 3.05) is 51.8 Å². The number of nitrogens with one attached hydrogen (secondary N) is 1. The molecule has 0 amide bonds. The van der Waals surface area contributed by atoms with Crippen LogP contribution < -0.4 is 10.2 Å². The van der Waals surface area contributed by atoms with Crippen molar-refractivity contribution in [3.05, 3.63) is 30.3 Å². The summed E-state index contributed by atoms with van der Waals surface area (Å²) in [6.07, 6.45) is 3.60. The molecule has 1 atom stereocenters. The summed E-state index contributed by atoms with van der Waals surface area (Å²) in [7, 11) is 4.28. The van der Waals surface area contributed by atoms with Gasteiger partial charge in [0.2, 0.25) is 0 Å². The van der Waals surface area contributed by atoms with E-state index < -0.39 is 0 Å². The van der Waals surface area contributed by atoms with Gasteiger partial charge in [0, 0.05) is 52.1 Å². The predicted molar refractivity (Wildman–Crippen MR) is 111 cm³/mol. The first-order valence-electron chi connectivity index (χ1n) is 9.96. The summed E-state index contributed by atoms with van der Waals surface area (Å²) in [6, 6.07) is 10.8. The molecule has 0 spiro atoms. The highest BCUT2D eigenvalue weighted by molar-refractivity contribution is 5.79. The van der Waals surface area contributed by atoms with Crippen molar-refractivity contribution in [2.45, 2.75) is 39.2 Å². The Balaban J connectivity index is 1.87. The Morgan fingerprint density at radius 1 is 1.23 bits per heavy atom. The summed E-state index contributed by atoms with van der Waals surface area (Å²) in [6.45, 7) is 8.90. The molecule has 1 fully saturated rings. The molecule has 0 bridgehead atoms. The lowest BCUT2D eigenvalue weighted by molar-refractivity contribution is 0.0625. The van der Waals surface area contributed by atoms with Gasteiger partial charge in [-0.15, -0.1) is 0 Å². The maximum atomic E-state index is 5.46. The van der Waals surface area contributed by atoms with Crippen LogP contribution in [-0.2, 0) is 4.74 Å². The quantitative estimate of drug-likeness (QED) is 0.571. The van der Waals surface area contributed by atoms with E-state index in [1.165, 1.54) is 24.9 Å². The SMILES string of the molecule is CCNC(=NCC(C)N(C)c1ccccc1)N(C)CCC1CCOCC1. The molecule has 5 nitrogen and oxygen atoms in total. The Morgan fingerprint density at radius 2 is 1.92 bits per heavy atom. The van der Waals surface area contributed by atoms with Gasteiger partial charge < -0.3 is 19.9 Å². The predicted octanol–water partition coefficient (Wildman–Crippen LogP) is 3.23. The lowest BCUT2D eigenvalue weighted by Crippen LogP contribution is -2.41. The number of para-hydroxylation sites is 1. The third-order valence-electron chi connectivity index (χ3n) is 5.24. The van der Waals surface area contributed by atoms with Crippen LogP contribution in [0.15, 0.2) is 35.3 Å². The normalized spacial score (nSPS) is 17.0. The van der Waals surface area contributed by atoms with E-state index in [-0.39, 0.29) is 0 Å². The Labute approximate surface area is 159 Å². The second-order valence-electron chi connectivity index (χ2n) is 7.26. The van der Waals surface area contributed by atoms with Gasteiger partial charge in [0.05, 0.1) is 6.54 Å². The first-order valence-corrected chi connectivity index (χ1v) is 9.96. The molecule has 5 heteroatoms. The fourth-order valence-corrected chi connectivity index (χ4v) is 3.25. The number of anilines is 1. The zero-order valence-electron chi connectivity index (χ0n) is 16.9. The Bertz CT molecular complexity index is 528. The van der Waals surface area contributed by atoms with Gasteiger partial charge in [-0.25, -0.2) is 0 Å². The average Bonchev–Trinajstić information content (AvgIpc) is 2.70. The van der Waals surface area contributed by atoms with Crippen molar-refractivity contribution in [1.82, 2.24) is 10.2 Å². The van der Waals surface area contributed by atoms with Crippen LogP contribution >= 0.6 is 0 Å². The van der Waals surface area contributed by atoms with Crippen LogP contribution in [-0.4, -0.2) is 63.8 Å². The van der Waals surface area contributed by atoms with E-state index in [0.29, 0.717) is 6.04 Å². The van der Waals surface area contributed by atoms with Crippen LogP contribution in [0.4, 0.5) is 5.69 Å². The number of rotatable bonds is 8. The van der Waals surface area contributed by atoms with Crippen molar-refractivity contribution >= 4 is 11.6 Å². The summed E-state index contributed by atoms with van der Waals surface area (Å²) in [5.41, 5.74) is 1.23. The van der Waals surface area contributed by atoms with Crippen molar-refractivity contribution in [1.29, 1.82) is 0 Å². The molecule has 1 aromatic rings. The van der Waals surface area contributed by atoms with Crippen molar-refractivity contribution < 1.29 is 4.74 Å². The smallest absolute Gasteiger partial charge is 0.193 e. The highest BCUT2D eigenvalue weighted by Gasteiger charge is 2.16. The van der Waals surface area contributed by atoms with Crippen LogP contribution in [0.1, 0.15) is 33.1 Å². The molecule has 1 saturated heterocycles. The zero-order valence-corrected chi connectivity index (χ0v) is 16.9. The number of ether oxygens (including phenoxy) is 1. The van der Waals surface area contributed by atoms with E-state index in [0.717, 1.165) is 44.7 Å². The number of aliphatic imine (C=N–C) groups is 1. The van der Waals surface area contributed by atoms with E-state index >= 15 is 0 Å². The van der Waals surface area contributed by atoms with E-state index in [2.05, 4.69) is 73.4 Å². The zero-order chi connectivity index (χ0) is 18.8. The molecule has 0 radical (unpaired) electrons. The third kappa shape index (κ3) is 6.52. The molecule has 1 aromatic carbocycles. The second kappa shape index (κ2) is 11.1. The fraction of sp³-hybridized carbons (Fsp3) is 0.667. The number of guanidine groups is 1. The lowest BCUT2D eigenvalue weighted by Gasteiger charge is -2.28. The summed E-state index contributed by atoms with van der Waals surface area (Å²) in [5.74, 6) is 1.80. The minimum absolute atomic E-state index is 0.343. The van der Waals surface area contributed by atoms with E-state index in [4.69, 9.17) is 9.73 Å². The van der Waals surface area contributed by atoms with Gasteiger partial charge in [-0.05, 0) is 51.2 Å². The Kier molecular flexibility index (Phi) is 8.75. The first kappa shape index (κ1) is 20.6. The van der Waals surface area contributed by atoms with Gasteiger partial charge in [-0.3, -0.25) is 4.99 Å². The van der Waals surface area contributed by atoms with Crippen LogP contribution in [0, 0.1) is 5.92 Å². The third-order valence-corrected chi connectivity index (χ3v) is 5.24. The topological polar surface area (TPSA) is 40.1 Å². The summed E-state index contributed by atoms with van der Waals surface area (Å²) >= 11 is 0. The molecule has 1 aliphatic rings. The highest BCUT2D eigenvalue weighted by atomic mass is 16.5. The molecule has 1 unspecified atom stereocenters. The van der Waals surface area contributed by atoms with E-state index in [9.17, 15) is 0 Å². The van der Waals surface area contributed by atoms with Gasteiger partial charge in [0.15, 0.2) is 5.96 Å². The van der Waals surface area contributed by atoms with Crippen LogP contribution in [0.3, 0.4) is 0 Å².